The second kappa shape index (κ2) is 15.1. The second-order valence-corrected chi connectivity index (χ2v) is 11.1. The number of carboxylic acid groups (broad SMARTS) is 1. The van der Waals surface area contributed by atoms with Crippen molar-refractivity contribution in [1.29, 1.82) is 0 Å². The molecule has 0 saturated heterocycles. The molecule has 1 heterocycles. The van der Waals surface area contributed by atoms with Gasteiger partial charge < -0.3 is 19.7 Å². The summed E-state index contributed by atoms with van der Waals surface area (Å²) in [4.78, 5) is 16.0. The van der Waals surface area contributed by atoms with E-state index in [1.54, 1.807) is 25.6 Å². The van der Waals surface area contributed by atoms with Crippen LogP contribution >= 0.6 is 23.4 Å². The molecule has 0 aliphatic rings. The number of aliphatic hydroxyl groups excluding tert-OH is 1. The molecule has 1 aromatic heterocycles. The molecule has 198 valence electrons. The molecule has 0 bridgehead atoms. The molecule has 4 aromatic rings. The van der Waals surface area contributed by atoms with E-state index in [2.05, 4.69) is 4.98 Å². The predicted molar refractivity (Wildman–Crippen MR) is 152 cm³/mol. The number of nitrogens with zero attached hydrogens (tertiary/aromatic N) is 1. The first-order valence-corrected chi connectivity index (χ1v) is 14.1. The van der Waals surface area contributed by atoms with Crippen LogP contribution in [0.2, 0.25) is 5.02 Å². The third kappa shape index (κ3) is 8.97. The molecule has 0 aliphatic heterocycles. The van der Waals surface area contributed by atoms with Gasteiger partial charge in [-0.1, -0.05) is 67.1 Å². The quantitative estimate of drug-likeness (QED) is 0.263. The van der Waals surface area contributed by atoms with E-state index < -0.39 is 18.0 Å². The Morgan fingerprint density at radius 2 is 1.82 bits per heavy atom. The molecule has 1 N–H and O–H groups in total. The number of aryl methyl sites for hydroxylation is 1. The van der Waals surface area contributed by atoms with Gasteiger partial charge in [-0.2, -0.15) is 11.8 Å². The number of carbonyl (C=O) groups is 1. The number of thioether (sulfide) groups is 1. The summed E-state index contributed by atoms with van der Waals surface area (Å²) < 4.78 is 6.10. The van der Waals surface area contributed by atoms with Crippen LogP contribution in [-0.2, 0) is 17.8 Å². The normalized spacial score (nSPS) is 13.3. The molecular weight excluding hydrogens is 541 g/mol. The number of aromatic nitrogens is 1. The summed E-state index contributed by atoms with van der Waals surface area (Å²) in [7, 11) is 0. The zero-order chi connectivity index (χ0) is 27.1. The number of pyridine rings is 1. The molecule has 0 saturated carbocycles. The predicted octanol–water partition coefficient (Wildman–Crippen LogP) is 3.32. The van der Waals surface area contributed by atoms with Crippen molar-refractivity contribution < 1.29 is 49.3 Å². The SMILES string of the molecule is CC(CSC(CCc1ccccc1C(C)O)c1cccc(OCc2ccc3ccc(Cl)cc3n2)c1)C(=O)[O-].[Na+]. The van der Waals surface area contributed by atoms with Crippen molar-refractivity contribution in [2.45, 2.75) is 44.6 Å². The van der Waals surface area contributed by atoms with Crippen molar-refractivity contribution in [2.75, 3.05) is 5.75 Å². The van der Waals surface area contributed by atoms with Gasteiger partial charge in [-0.3, -0.25) is 0 Å². The van der Waals surface area contributed by atoms with E-state index in [1.165, 1.54) is 0 Å². The van der Waals surface area contributed by atoms with Crippen LogP contribution in [0, 0.1) is 5.92 Å². The van der Waals surface area contributed by atoms with Gasteiger partial charge in [0, 0.05) is 33.3 Å². The number of hydrogen-bond acceptors (Lipinski definition) is 6. The van der Waals surface area contributed by atoms with Gasteiger partial charge in [-0.25, -0.2) is 4.98 Å². The van der Waals surface area contributed by atoms with E-state index in [0.717, 1.165) is 51.9 Å². The average molecular weight is 572 g/mol. The topological polar surface area (TPSA) is 82.5 Å². The van der Waals surface area contributed by atoms with Crippen LogP contribution in [0.15, 0.2) is 78.9 Å². The number of carbonyl (C=O) groups excluding carboxylic acids is 1. The smallest absolute Gasteiger partial charge is 0.550 e. The van der Waals surface area contributed by atoms with E-state index in [4.69, 9.17) is 16.3 Å². The maximum atomic E-state index is 11.3. The van der Waals surface area contributed by atoms with E-state index in [0.29, 0.717) is 17.4 Å². The fourth-order valence-corrected chi connectivity index (χ4v) is 5.75. The molecule has 0 radical (unpaired) electrons. The summed E-state index contributed by atoms with van der Waals surface area (Å²) in [6.45, 7) is 3.75. The van der Waals surface area contributed by atoms with Gasteiger partial charge in [0.2, 0.25) is 0 Å². The van der Waals surface area contributed by atoms with Gasteiger partial charge in [0.1, 0.15) is 12.4 Å². The zero-order valence-corrected chi connectivity index (χ0v) is 26.0. The summed E-state index contributed by atoms with van der Waals surface area (Å²) in [5.41, 5.74) is 4.69. The van der Waals surface area contributed by atoms with Gasteiger partial charge in [0.15, 0.2) is 0 Å². The van der Waals surface area contributed by atoms with Crippen molar-refractivity contribution in [3.63, 3.8) is 0 Å². The zero-order valence-electron chi connectivity index (χ0n) is 22.5. The van der Waals surface area contributed by atoms with Crippen LogP contribution < -0.4 is 39.4 Å². The maximum Gasteiger partial charge on any atom is 1.00 e. The Morgan fingerprint density at radius 1 is 1.05 bits per heavy atom. The molecule has 3 atom stereocenters. The van der Waals surface area contributed by atoms with Crippen LogP contribution in [0.1, 0.15) is 54.0 Å². The number of fused-ring (bicyclic) bond motifs is 1. The first kappa shape index (κ1) is 31.5. The monoisotopic (exact) mass is 571 g/mol. The standard InChI is InChI=1S/C31H32ClNO4S.Na/c1-20(31(35)36)19-38-30(15-12-22-6-3-4-9-28(22)21(2)34)24-7-5-8-27(16-24)37-18-26-14-11-23-10-13-25(32)17-29(23)33-26;/h3-11,13-14,16-17,20-21,30,34H,12,15,18-19H2,1-2H3,(H,35,36);/q;+1/p-1. The van der Waals surface area contributed by atoms with Crippen LogP contribution in [0.5, 0.6) is 5.75 Å². The third-order valence-corrected chi connectivity index (χ3v) is 8.30. The van der Waals surface area contributed by atoms with Gasteiger partial charge in [-0.15, -0.1) is 0 Å². The summed E-state index contributed by atoms with van der Waals surface area (Å²) >= 11 is 7.73. The Morgan fingerprint density at radius 3 is 2.59 bits per heavy atom. The molecule has 4 rings (SSSR count). The first-order chi connectivity index (χ1) is 18.3. The van der Waals surface area contributed by atoms with Crippen molar-refractivity contribution in [2.24, 2.45) is 5.92 Å². The van der Waals surface area contributed by atoms with Gasteiger partial charge >= 0.3 is 29.6 Å². The van der Waals surface area contributed by atoms with Crippen LogP contribution in [0.3, 0.4) is 0 Å². The number of hydrogen-bond donors (Lipinski definition) is 1. The molecule has 3 aromatic carbocycles. The molecule has 0 amide bonds. The van der Waals surface area contributed by atoms with Crippen molar-refractivity contribution in [1.82, 2.24) is 4.98 Å². The minimum absolute atomic E-state index is 0. The molecule has 3 unspecified atom stereocenters. The van der Waals surface area contributed by atoms with Crippen molar-refractivity contribution in [3.05, 3.63) is 106 Å². The summed E-state index contributed by atoms with van der Waals surface area (Å²) in [6, 6.07) is 25.4. The Labute approximate surface area is 261 Å². The summed E-state index contributed by atoms with van der Waals surface area (Å²) in [5, 5.41) is 23.2. The molecule has 0 aliphatic carbocycles. The first-order valence-electron chi connectivity index (χ1n) is 12.7. The summed E-state index contributed by atoms with van der Waals surface area (Å²) in [5.74, 6) is -0.436. The fourth-order valence-electron chi connectivity index (χ4n) is 4.31. The molecule has 0 spiro atoms. The van der Waals surface area contributed by atoms with Crippen LogP contribution in [-0.4, -0.2) is 21.8 Å². The van der Waals surface area contributed by atoms with Gasteiger partial charge in [0.05, 0.1) is 17.3 Å². The number of halogens is 1. The molecule has 0 fully saturated rings. The van der Waals surface area contributed by atoms with Crippen molar-refractivity contribution in [3.8, 4) is 5.75 Å². The largest absolute Gasteiger partial charge is 1.00 e. The average Bonchev–Trinajstić information content (AvgIpc) is 2.91. The third-order valence-electron chi connectivity index (χ3n) is 6.46. The summed E-state index contributed by atoms with van der Waals surface area (Å²) in [6.07, 6.45) is 0.990. The van der Waals surface area contributed by atoms with Crippen LogP contribution in [0.25, 0.3) is 10.9 Å². The number of rotatable bonds is 12. The number of aliphatic hydroxyl groups is 1. The van der Waals surface area contributed by atoms with E-state index in [-0.39, 0.29) is 34.8 Å². The Balaban J connectivity index is 0.00000420. The number of aliphatic carboxylic acids is 1. The number of carboxylic acids is 1. The van der Waals surface area contributed by atoms with E-state index in [9.17, 15) is 15.0 Å². The molecule has 5 nitrogen and oxygen atoms in total. The minimum atomic E-state index is -1.04. The Bertz CT molecular complexity index is 1400. The van der Waals surface area contributed by atoms with Gasteiger partial charge in [-0.05, 0) is 66.8 Å². The van der Waals surface area contributed by atoms with E-state index in [1.807, 2.05) is 78.9 Å². The molecule has 8 heteroatoms. The second-order valence-electron chi connectivity index (χ2n) is 9.46. The number of ether oxygens (including phenoxy) is 1. The van der Waals surface area contributed by atoms with Gasteiger partial charge in [0.25, 0.3) is 0 Å². The molecule has 39 heavy (non-hydrogen) atoms. The Hall–Kier alpha value is -2.06. The Kier molecular flexibility index (Phi) is 12.2. The maximum absolute atomic E-state index is 11.3. The van der Waals surface area contributed by atoms with E-state index >= 15 is 0 Å². The number of benzene rings is 3. The van der Waals surface area contributed by atoms with Crippen LogP contribution in [0.4, 0.5) is 0 Å². The minimum Gasteiger partial charge on any atom is -0.550 e. The van der Waals surface area contributed by atoms with Crippen molar-refractivity contribution >= 4 is 40.2 Å². The molecular formula is C31H31ClNNaO4S. The fraction of sp³-hybridized carbons (Fsp3) is 0.290.